The fourth-order valence-electron chi connectivity index (χ4n) is 1.84. The molecule has 0 atom stereocenters. The Morgan fingerprint density at radius 2 is 2.00 bits per heavy atom. The van der Waals surface area contributed by atoms with E-state index in [1.807, 2.05) is 0 Å². The molecule has 3 aromatic rings. The summed E-state index contributed by atoms with van der Waals surface area (Å²) in [6.07, 6.45) is 1.18. The molecule has 1 N–H and O–H groups in total. The number of halogens is 2. The van der Waals surface area contributed by atoms with Crippen LogP contribution in [0.2, 0.25) is 10.2 Å². The van der Waals surface area contributed by atoms with Crippen molar-refractivity contribution in [2.24, 2.45) is 4.99 Å². The number of para-hydroxylation sites is 1. The molecule has 0 radical (unpaired) electrons. The molecule has 0 spiro atoms. The van der Waals surface area contributed by atoms with Crippen LogP contribution in [0.3, 0.4) is 0 Å². The van der Waals surface area contributed by atoms with Crippen LogP contribution in [0.4, 0.5) is 5.95 Å². The number of aliphatic imine (C=N–C) groups is 1. The fraction of sp³-hybridized carbons (Fsp3) is 0. The van der Waals surface area contributed by atoms with Crippen molar-refractivity contribution in [1.82, 2.24) is 9.97 Å². The minimum Gasteiger partial charge on any atom is -0.422 e. The van der Waals surface area contributed by atoms with E-state index in [-0.39, 0.29) is 21.7 Å². The van der Waals surface area contributed by atoms with Crippen molar-refractivity contribution in [3.8, 4) is 0 Å². The van der Waals surface area contributed by atoms with Gasteiger partial charge in [-0.1, -0.05) is 35.3 Å². The van der Waals surface area contributed by atoms with Gasteiger partial charge in [-0.25, -0.2) is 14.8 Å². The molecule has 0 aliphatic rings. The monoisotopic (exact) mass is 335 g/mol. The van der Waals surface area contributed by atoms with Gasteiger partial charge in [0.25, 0.3) is 5.56 Å². The number of aromatic amines is 1. The summed E-state index contributed by atoms with van der Waals surface area (Å²) in [7, 11) is 0. The van der Waals surface area contributed by atoms with Gasteiger partial charge in [0.2, 0.25) is 5.95 Å². The van der Waals surface area contributed by atoms with E-state index in [1.165, 1.54) is 6.21 Å². The average molecular weight is 336 g/mol. The Morgan fingerprint density at radius 1 is 1.23 bits per heavy atom. The molecule has 2 heterocycles. The zero-order valence-electron chi connectivity index (χ0n) is 10.8. The highest BCUT2D eigenvalue weighted by Gasteiger charge is 2.11. The molecule has 1 aromatic carbocycles. The Labute approximate surface area is 133 Å². The van der Waals surface area contributed by atoms with E-state index in [1.54, 1.807) is 24.3 Å². The second-order valence-electron chi connectivity index (χ2n) is 4.26. The number of benzene rings is 1. The Balaban J connectivity index is 2.12. The standard InChI is InChI=1S/C14H7Cl2N3O3/c15-10-5-11(20)19-14(18-10)17-6-8-12(16)7-3-1-2-4-9(7)22-13(8)21/h1-6H,(H,18,19,20)/b17-6+. The Hall–Kier alpha value is -2.44. The first-order valence-corrected chi connectivity index (χ1v) is 6.82. The van der Waals surface area contributed by atoms with E-state index in [4.69, 9.17) is 27.6 Å². The highest BCUT2D eigenvalue weighted by Crippen LogP contribution is 2.24. The topological polar surface area (TPSA) is 88.3 Å². The van der Waals surface area contributed by atoms with E-state index in [2.05, 4.69) is 15.0 Å². The number of rotatable bonds is 2. The molecular formula is C14H7Cl2N3O3. The third-order valence-electron chi connectivity index (χ3n) is 2.80. The molecule has 0 aliphatic carbocycles. The van der Waals surface area contributed by atoms with Crippen molar-refractivity contribution < 1.29 is 4.42 Å². The number of fused-ring (bicyclic) bond motifs is 1. The molecular weight excluding hydrogens is 329 g/mol. The molecule has 0 aliphatic heterocycles. The maximum atomic E-state index is 11.9. The molecule has 0 unspecified atom stereocenters. The molecule has 8 heteroatoms. The summed E-state index contributed by atoms with van der Waals surface area (Å²) in [6, 6.07) is 7.97. The molecule has 0 fully saturated rings. The van der Waals surface area contributed by atoms with Crippen LogP contribution in [-0.2, 0) is 0 Å². The summed E-state index contributed by atoms with van der Waals surface area (Å²) in [6.45, 7) is 0. The second-order valence-corrected chi connectivity index (χ2v) is 5.03. The maximum absolute atomic E-state index is 11.9. The Kier molecular flexibility index (Phi) is 3.79. The molecule has 110 valence electrons. The zero-order valence-corrected chi connectivity index (χ0v) is 12.4. The number of nitrogens with one attached hydrogen (secondary N) is 1. The Bertz CT molecular complexity index is 1010. The Morgan fingerprint density at radius 3 is 2.77 bits per heavy atom. The number of hydrogen-bond acceptors (Lipinski definition) is 5. The highest BCUT2D eigenvalue weighted by molar-refractivity contribution is 6.37. The van der Waals surface area contributed by atoms with Crippen molar-refractivity contribution in [3.05, 3.63) is 66.8 Å². The van der Waals surface area contributed by atoms with Crippen LogP contribution in [0.15, 0.2) is 49.3 Å². The molecule has 0 saturated heterocycles. The van der Waals surface area contributed by atoms with Gasteiger partial charge in [0.05, 0.1) is 10.6 Å². The summed E-state index contributed by atoms with van der Waals surface area (Å²) in [4.78, 5) is 33.3. The molecule has 3 rings (SSSR count). The van der Waals surface area contributed by atoms with Gasteiger partial charge < -0.3 is 4.42 Å². The van der Waals surface area contributed by atoms with E-state index in [0.717, 1.165) is 6.07 Å². The van der Waals surface area contributed by atoms with Crippen molar-refractivity contribution in [2.75, 3.05) is 0 Å². The fourth-order valence-corrected chi connectivity index (χ4v) is 2.30. The second kappa shape index (κ2) is 5.75. The highest BCUT2D eigenvalue weighted by atomic mass is 35.5. The smallest absolute Gasteiger partial charge is 0.346 e. The minimum atomic E-state index is -0.642. The predicted molar refractivity (Wildman–Crippen MR) is 84.6 cm³/mol. The summed E-state index contributed by atoms with van der Waals surface area (Å²) >= 11 is 11.9. The number of nitrogens with zero attached hydrogens (tertiary/aromatic N) is 2. The number of H-pyrrole nitrogens is 1. The first-order chi connectivity index (χ1) is 10.5. The van der Waals surface area contributed by atoms with Crippen LogP contribution in [0.5, 0.6) is 0 Å². The first kappa shape index (κ1) is 14.5. The lowest BCUT2D eigenvalue weighted by Crippen LogP contribution is -2.08. The van der Waals surface area contributed by atoms with Crippen molar-refractivity contribution in [2.45, 2.75) is 0 Å². The van der Waals surface area contributed by atoms with Gasteiger partial charge in [-0.05, 0) is 12.1 Å². The van der Waals surface area contributed by atoms with Gasteiger partial charge in [-0.15, -0.1) is 0 Å². The largest absolute Gasteiger partial charge is 0.422 e. The molecule has 6 nitrogen and oxygen atoms in total. The molecule has 0 amide bonds. The van der Waals surface area contributed by atoms with Gasteiger partial charge >= 0.3 is 5.63 Å². The van der Waals surface area contributed by atoms with E-state index in [9.17, 15) is 9.59 Å². The summed E-state index contributed by atoms with van der Waals surface area (Å²) < 4.78 is 5.16. The lowest BCUT2D eigenvalue weighted by Gasteiger charge is -2.01. The lowest BCUT2D eigenvalue weighted by molar-refractivity contribution is 0.560. The van der Waals surface area contributed by atoms with Crippen LogP contribution in [0.25, 0.3) is 11.0 Å². The van der Waals surface area contributed by atoms with Crippen LogP contribution in [0.1, 0.15) is 5.56 Å². The van der Waals surface area contributed by atoms with E-state index >= 15 is 0 Å². The molecule has 0 bridgehead atoms. The third kappa shape index (κ3) is 2.79. The van der Waals surface area contributed by atoms with Crippen LogP contribution >= 0.6 is 23.2 Å². The molecule has 22 heavy (non-hydrogen) atoms. The first-order valence-electron chi connectivity index (χ1n) is 6.07. The zero-order chi connectivity index (χ0) is 15.7. The van der Waals surface area contributed by atoms with Crippen molar-refractivity contribution >= 4 is 46.3 Å². The van der Waals surface area contributed by atoms with Crippen molar-refractivity contribution in [1.29, 1.82) is 0 Å². The minimum absolute atomic E-state index is 0.00690. The normalized spacial score (nSPS) is 11.4. The SMILES string of the molecule is O=c1cc(Cl)nc(/N=C/c2c(Cl)c3ccccc3oc2=O)[nH]1. The van der Waals surface area contributed by atoms with Gasteiger partial charge in [0.15, 0.2) is 0 Å². The lowest BCUT2D eigenvalue weighted by atomic mass is 10.2. The van der Waals surface area contributed by atoms with Gasteiger partial charge in [0, 0.05) is 17.7 Å². The quantitative estimate of drug-likeness (QED) is 0.443. The van der Waals surface area contributed by atoms with Crippen LogP contribution in [-0.4, -0.2) is 16.2 Å². The van der Waals surface area contributed by atoms with E-state index < -0.39 is 11.2 Å². The summed E-state index contributed by atoms with van der Waals surface area (Å²) in [5.74, 6) is -0.0406. The number of hydrogen-bond donors (Lipinski definition) is 1. The summed E-state index contributed by atoms with van der Waals surface area (Å²) in [5, 5.41) is 0.783. The van der Waals surface area contributed by atoms with Gasteiger partial charge in [-0.2, -0.15) is 0 Å². The van der Waals surface area contributed by atoms with Crippen molar-refractivity contribution in [3.63, 3.8) is 0 Å². The number of aromatic nitrogens is 2. The van der Waals surface area contributed by atoms with E-state index in [0.29, 0.717) is 11.0 Å². The van der Waals surface area contributed by atoms with Gasteiger partial charge in [0.1, 0.15) is 10.7 Å². The molecule has 0 saturated carbocycles. The predicted octanol–water partition coefficient (Wildman–Crippen LogP) is 2.93. The van der Waals surface area contributed by atoms with Gasteiger partial charge in [-0.3, -0.25) is 9.78 Å². The van der Waals surface area contributed by atoms with Crippen LogP contribution < -0.4 is 11.2 Å². The average Bonchev–Trinajstić information content (AvgIpc) is 2.46. The van der Waals surface area contributed by atoms with Crippen LogP contribution in [0, 0.1) is 0 Å². The third-order valence-corrected chi connectivity index (χ3v) is 3.40. The summed E-state index contributed by atoms with van der Waals surface area (Å²) in [5.41, 5.74) is -0.660. The molecule has 2 aromatic heterocycles. The maximum Gasteiger partial charge on any atom is 0.346 e.